The molecule has 1 aromatic carbocycles. The lowest BCUT2D eigenvalue weighted by Crippen LogP contribution is -2.48. The molecule has 0 saturated carbocycles. The van der Waals surface area contributed by atoms with Gasteiger partial charge in [-0.3, -0.25) is 0 Å². The molecule has 5 N–H and O–H groups in total. The van der Waals surface area contributed by atoms with E-state index in [4.69, 9.17) is 19.7 Å². The zero-order valence-electron chi connectivity index (χ0n) is 13.1. The van der Waals surface area contributed by atoms with Gasteiger partial charge in [-0.15, -0.1) is 0 Å². The number of methoxy groups -OCH3 is 1. The summed E-state index contributed by atoms with van der Waals surface area (Å²) in [4.78, 5) is 0. The fourth-order valence-corrected chi connectivity index (χ4v) is 1.59. The molecule has 0 heterocycles. The molecule has 128 valence electrons. The first-order valence-electron chi connectivity index (χ1n) is 7.07. The molecular weight excluding hydrogens is 292 g/mol. The third-order valence-corrected chi connectivity index (χ3v) is 2.87. The Balaban J connectivity index is 0.00000211. The molecule has 0 aliphatic heterocycles. The van der Waals surface area contributed by atoms with Crippen molar-refractivity contribution in [1.29, 1.82) is 0 Å². The van der Waals surface area contributed by atoms with E-state index in [1.807, 2.05) is 13.8 Å². The molecule has 0 spiro atoms. The molecule has 7 nitrogen and oxygen atoms in total. The maximum atomic E-state index is 9.72. The van der Waals surface area contributed by atoms with E-state index in [9.17, 15) is 15.3 Å². The predicted molar refractivity (Wildman–Crippen MR) is 80.2 cm³/mol. The van der Waals surface area contributed by atoms with E-state index in [-0.39, 0.29) is 12.4 Å². The van der Waals surface area contributed by atoms with Crippen LogP contribution < -0.4 is 4.74 Å². The van der Waals surface area contributed by atoms with E-state index in [1.165, 1.54) is 19.2 Å². The van der Waals surface area contributed by atoms with E-state index in [2.05, 4.69) is 0 Å². The van der Waals surface area contributed by atoms with Gasteiger partial charge in [0.05, 0.1) is 13.2 Å². The average molecular weight is 318 g/mol. The van der Waals surface area contributed by atoms with E-state index < -0.39 is 31.2 Å². The van der Waals surface area contributed by atoms with Crippen LogP contribution in [0.1, 0.15) is 19.4 Å². The van der Waals surface area contributed by atoms with E-state index in [1.54, 1.807) is 12.1 Å². The molecule has 22 heavy (non-hydrogen) atoms. The van der Waals surface area contributed by atoms with Gasteiger partial charge < -0.3 is 35.0 Å². The first-order chi connectivity index (χ1) is 10.5. The fourth-order valence-electron chi connectivity index (χ4n) is 1.59. The Labute approximate surface area is 130 Å². The molecule has 0 bridgehead atoms. The zero-order valence-corrected chi connectivity index (χ0v) is 13.1. The molecule has 0 saturated heterocycles. The zero-order chi connectivity index (χ0) is 17.1. The van der Waals surface area contributed by atoms with Crippen molar-refractivity contribution < 1.29 is 35.0 Å². The lowest BCUT2D eigenvalue weighted by molar-refractivity contribution is -0.174. The monoisotopic (exact) mass is 318 g/mol. The van der Waals surface area contributed by atoms with Gasteiger partial charge in [-0.05, 0) is 17.7 Å². The van der Waals surface area contributed by atoms with Crippen LogP contribution in [0.15, 0.2) is 24.3 Å². The second-order valence-corrected chi connectivity index (χ2v) is 4.25. The minimum absolute atomic E-state index is 0.115. The van der Waals surface area contributed by atoms with Crippen molar-refractivity contribution in [1.82, 2.24) is 0 Å². The Hall–Kier alpha value is -1.22. The van der Waals surface area contributed by atoms with Crippen LogP contribution in [0.2, 0.25) is 0 Å². The summed E-state index contributed by atoms with van der Waals surface area (Å²) in [6.07, 6.45) is -5.87. The summed E-state index contributed by atoms with van der Waals surface area (Å²) in [6, 6.07) is 6.20. The van der Waals surface area contributed by atoms with Gasteiger partial charge in [-0.1, -0.05) is 26.0 Å². The molecule has 0 aliphatic carbocycles. The number of aliphatic hydroxyl groups excluding tert-OH is 5. The smallest absolute Gasteiger partial charge is 0.226 e. The van der Waals surface area contributed by atoms with Crippen LogP contribution in [0.25, 0.3) is 0 Å². The van der Waals surface area contributed by atoms with Crippen LogP contribution in [0.3, 0.4) is 0 Å². The number of aliphatic hydroxyl groups is 5. The van der Waals surface area contributed by atoms with Crippen LogP contribution in [0.5, 0.6) is 5.75 Å². The van der Waals surface area contributed by atoms with Crippen molar-refractivity contribution in [3.63, 3.8) is 0 Å². The minimum Gasteiger partial charge on any atom is -0.462 e. The van der Waals surface area contributed by atoms with E-state index in [0.717, 1.165) is 0 Å². The molecular formula is C15H26O7. The first kappa shape index (κ1) is 20.8. The quantitative estimate of drug-likeness (QED) is 0.415. The van der Waals surface area contributed by atoms with Gasteiger partial charge in [0.25, 0.3) is 0 Å². The number of hydrogen-bond donors (Lipinski definition) is 5. The van der Waals surface area contributed by atoms with Crippen molar-refractivity contribution >= 4 is 0 Å². The molecule has 7 heteroatoms. The predicted octanol–water partition coefficient (Wildman–Crippen LogP) is -0.369. The molecule has 4 atom stereocenters. The summed E-state index contributed by atoms with van der Waals surface area (Å²) in [5.41, 5.74) is 0.673. The highest BCUT2D eigenvalue weighted by atomic mass is 16.6. The van der Waals surface area contributed by atoms with E-state index in [0.29, 0.717) is 5.56 Å². The maximum Gasteiger partial charge on any atom is 0.226 e. The summed E-state index contributed by atoms with van der Waals surface area (Å²) in [5, 5.41) is 46.9. The summed E-state index contributed by atoms with van der Waals surface area (Å²) < 4.78 is 9.82. The molecule has 1 aromatic rings. The second kappa shape index (κ2) is 11.4. The normalized spacial score (nSPS) is 16.0. The van der Waals surface area contributed by atoms with Crippen LogP contribution in [-0.2, 0) is 11.3 Å². The van der Waals surface area contributed by atoms with Gasteiger partial charge >= 0.3 is 0 Å². The highest BCUT2D eigenvalue weighted by Gasteiger charge is 2.32. The SMILES string of the molecule is CC.COC(CO)C(O)C(O)C(O)Oc1ccc(CO)cc1. The topological polar surface area (TPSA) is 120 Å². The summed E-state index contributed by atoms with van der Waals surface area (Å²) in [5.74, 6) is 0.263. The highest BCUT2D eigenvalue weighted by Crippen LogP contribution is 2.16. The van der Waals surface area contributed by atoms with Crippen molar-refractivity contribution in [3.8, 4) is 5.75 Å². The largest absolute Gasteiger partial charge is 0.462 e. The summed E-state index contributed by atoms with van der Waals surface area (Å²) in [6.45, 7) is 3.38. The minimum atomic E-state index is -1.69. The molecule has 0 radical (unpaired) electrons. The van der Waals surface area contributed by atoms with Crippen molar-refractivity contribution in [2.75, 3.05) is 13.7 Å². The van der Waals surface area contributed by atoms with Gasteiger partial charge in [0.1, 0.15) is 24.1 Å². The number of hydrogen-bond acceptors (Lipinski definition) is 7. The van der Waals surface area contributed by atoms with Crippen LogP contribution in [0, 0.1) is 0 Å². The second-order valence-electron chi connectivity index (χ2n) is 4.25. The molecule has 0 aromatic heterocycles. The molecule has 0 amide bonds. The molecule has 4 unspecified atom stereocenters. The Bertz CT molecular complexity index is 378. The van der Waals surface area contributed by atoms with Crippen LogP contribution in [0.4, 0.5) is 0 Å². The number of benzene rings is 1. The maximum absolute atomic E-state index is 9.72. The van der Waals surface area contributed by atoms with Gasteiger partial charge in [0.2, 0.25) is 6.29 Å². The molecule has 0 fully saturated rings. The standard InChI is InChI=1S/C13H20O7.C2H6/c1-19-10(7-15)11(16)12(17)13(18)20-9-4-2-8(6-14)3-5-9;1-2/h2-5,10-18H,6-7H2,1H3;1-2H3. The third kappa shape index (κ3) is 6.27. The van der Waals surface area contributed by atoms with Crippen LogP contribution >= 0.6 is 0 Å². The van der Waals surface area contributed by atoms with Gasteiger partial charge in [0, 0.05) is 7.11 Å². The number of ether oxygens (including phenoxy) is 2. The Morgan fingerprint density at radius 3 is 1.91 bits per heavy atom. The number of rotatable bonds is 8. The molecule has 0 aliphatic rings. The van der Waals surface area contributed by atoms with Crippen molar-refractivity contribution in [3.05, 3.63) is 29.8 Å². The Morgan fingerprint density at radius 1 is 0.955 bits per heavy atom. The van der Waals surface area contributed by atoms with Gasteiger partial charge in [-0.25, -0.2) is 0 Å². The Morgan fingerprint density at radius 2 is 1.50 bits per heavy atom. The van der Waals surface area contributed by atoms with Gasteiger partial charge in [-0.2, -0.15) is 0 Å². The lowest BCUT2D eigenvalue weighted by Gasteiger charge is -2.27. The molecule has 1 rings (SSSR count). The van der Waals surface area contributed by atoms with Crippen molar-refractivity contribution in [2.45, 2.75) is 45.1 Å². The van der Waals surface area contributed by atoms with E-state index >= 15 is 0 Å². The third-order valence-electron chi connectivity index (χ3n) is 2.87. The van der Waals surface area contributed by atoms with Gasteiger partial charge in [0.15, 0.2) is 0 Å². The summed E-state index contributed by atoms with van der Waals surface area (Å²) >= 11 is 0. The van der Waals surface area contributed by atoms with Crippen molar-refractivity contribution in [2.24, 2.45) is 0 Å². The fraction of sp³-hybridized carbons (Fsp3) is 0.600. The first-order valence-corrected chi connectivity index (χ1v) is 7.07. The van der Waals surface area contributed by atoms with Crippen LogP contribution in [-0.4, -0.2) is 63.9 Å². The average Bonchev–Trinajstić information content (AvgIpc) is 2.57. The Kier molecular flexibility index (Phi) is 10.7. The lowest BCUT2D eigenvalue weighted by atomic mass is 10.1. The highest BCUT2D eigenvalue weighted by molar-refractivity contribution is 5.26. The summed E-state index contributed by atoms with van der Waals surface area (Å²) in [7, 11) is 1.26.